The lowest BCUT2D eigenvalue weighted by Gasteiger charge is -2.36. The molecule has 1 heterocycles. The predicted octanol–water partition coefficient (Wildman–Crippen LogP) is 3.89. The smallest absolute Gasteiger partial charge is 0.316 e. The van der Waals surface area contributed by atoms with Crippen molar-refractivity contribution in [3.05, 3.63) is 42.5 Å². The number of benzene rings is 1. The fourth-order valence-electron chi connectivity index (χ4n) is 5.87. The average Bonchev–Trinajstić information content (AvgIpc) is 3.51. The number of urea groups is 1. The second-order valence-electron chi connectivity index (χ2n) is 14.7. The van der Waals surface area contributed by atoms with Gasteiger partial charge in [0.2, 0.25) is 17.6 Å². The fraction of sp³-hybridized carbons (Fsp3) is 0.622. The molecule has 1 fully saturated rings. The number of carbonyl (C=O) groups excluding carboxylic acids is 6. The van der Waals surface area contributed by atoms with Crippen LogP contribution >= 0.6 is 0 Å². The van der Waals surface area contributed by atoms with Gasteiger partial charge in [0.05, 0.1) is 24.8 Å². The number of likely N-dealkylation sites (tertiary alicyclic amines) is 1. The fourth-order valence-corrected chi connectivity index (χ4v) is 5.87. The summed E-state index contributed by atoms with van der Waals surface area (Å²) >= 11 is 0. The monoisotopic (exact) mass is 683 g/mol. The molecule has 1 aromatic rings. The first kappa shape index (κ1) is 41.0. The summed E-state index contributed by atoms with van der Waals surface area (Å²) in [6, 6.07) is 2.06. The maximum absolute atomic E-state index is 14.4. The lowest BCUT2D eigenvalue weighted by Crippen LogP contribution is -2.61. The van der Waals surface area contributed by atoms with Gasteiger partial charge in [0.15, 0.2) is 5.78 Å². The topological polar surface area (TPSA) is 163 Å². The normalized spacial score (nSPS) is 18.6. The number of para-hydroxylation sites is 1. The van der Waals surface area contributed by atoms with Gasteiger partial charge in [0, 0.05) is 13.1 Å². The molecule has 272 valence electrons. The number of Topliss-reactive ketones (excluding diaryl/α,β-unsaturated/α-hetero) is 2. The van der Waals surface area contributed by atoms with Gasteiger partial charge in [-0.15, -0.1) is 6.58 Å². The highest BCUT2D eigenvalue weighted by Gasteiger charge is 2.46. The molecule has 12 nitrogen and oxygen atoms in total. The first-order chi connectivity index (χ1) is 22.9. The van der Waals surface area contributed by atoms with Crippen molar-refractivity contribution < 1.29 is 33.5 Å². The third kappa shape index (κ3) is 10.6. The molecule has 6 atom stereocenters. The molecule has 1 aromatic carbocycles. The van der Waals surface area contributed by atoms with Crippen molar-refractivity contribution in [2.75, 3.05) is 20.2 Å². The van der Waals surface area contributed by atoms with Crippen LogP contribution < -0.4 is 26.0 Å². The van der Waals surface area contributed by atoms with Gasteiger partial charge in [-0.2, -0.15) is 0 Å². The van der Waals surface area contributed by atoms with Gasteiger partial charge in [-0.05, 0) is 47.6 Å². The molecular weight excluding hydrogens is 626 g/mol. The summed E-state index contributed by atoms with van der Waals surface area (Å²) in [6.07, 6.45) is 2.33. The summed E-state index contributed by atoms with van der Waals surface area (Å²) < 4.78 is 5.36. The van der Waals surface area contributed by atoms with Crippen LogP contribution in [0.5, 0.6) is 5.75 Å². The van der Waals surface area contributed by atoms with E-state index in [1.807, 2.05) is 34.6 Å². The molecule has 1 aliphatic rings. The molecule has 12 heteroatoms. The van der Waals surface area contributed by atoms with Gasteiger partial charge in [-0.3, -0.25) is 24.0 Å². The highest BCUT2D eigenvalue weighted by atomic mass is 16.5. The van der Waals surface area contributed by atoms with Gasteiger partial charge < -0.3 is 30.9 Å². The standard InChI is InChI=1S/C37H57N5O7/c1-12-18-38-34(46)31(44)29(23(7)13-2)39-33(45)26-19-24(21(3)4)20-42(26)35(47)32(37(8,9)10)41-36(48)40-28(22(5)6)30(43)25-16-14-15-17-27(25)49-11/h12,14-17,21-24,26,28-29,32H,1,13,18-20H2,2-11H3,(H,38,46)(H,39,45)(H2,40,41,48)/t23?,24-,26+,28?,29?,32?/m1/s1. The molecule has 0 aliphatic carbocycles. The van der Waals surface area contributed by atoms with Crippen LogP contribution in [-0.4, -0.2) is 84.6 Å². The van der Waals surface area contributed by atoms with Crippen LogP contribution in [0, 0.1) is 29.1 Å². The molecular formula is C37H57N5O7. The molecule has 0 bridgehead atoms. The minimum Gasteiger partial charge on any atom is -0.496 e. The van der Waals surface area contributed by atoms with Crippen LogP contribution in [0.2, 0.25) is 0 Å². The Labute approximate surface area is 291 Å². The van der Waals surface area contributed by atoms with Crippen LogP contribution in [-0.2, 0) is 19.2 Å². The van der Waals surface area contributed by atoms with Crippen molar-refractivity contribution in [3.63, 3.8) is 0 Å². The molecule has 0 saturated carbocycles. The van der Waals surface area contributed by atoms with E-state index in [4.69, 9.17) is 4.74 Å². The Morgan fingerprint density at radius 2 is 1.61 bits per heavy atom. The molecule has 4 N–H and O–H groups in total. The largest absolute Gasteiger partial charge is 0.496 e. The van der Waals surface area contributed by atoms with Crippen LogP contribution in [0.3, 0.4) is 0 Å². The molecule has 0 radical (unpaired) electrons. The summed E-state index contributed by atoms with van der Waals surface area (Å²) in [5.41, 5.74) is -0.463. The van der Waals surface area contributed by atoms with Gasteiger partial charge in [-0.25, -0.2) is 4.79 Å². The Bertz CT molecular complexity index is 1370. The van der Waals surface area contributed by atoms with Crippen molar-refractivity contribution in [1.29, 1.82) is 0 Å². The predicted molar refractivity (Wildman–Crippen MR) is 189 cm³/mol. The number of ether oxygens (including phenoxy) is 1. The molecule has 2 rings (SSSR count). The van der Waals surface area contributed by atoms with E-state index in [-0.39, 0.29) is 42.5 Å². The van der Waals surface area contributed by atoms with E-state index >= 15 is 0 Å². The van der Waals surface area contributed by atoms with E-state index in [1.165, 1.54) is 18.1 Å². The summed E-state index contributed by atoms with van der Waals surface area (Å²) in [5.74, 6) is -3.05. The molecule has 0 aromatic heterocycles. The van der Waals surface area contributed by atoms with Crippen molar-refractivity contribution in [2.24, 2.45) is 29.1 Å². The second-order valence-corrected chi connectivity index (χ2v) is 14.7. The highest BCUT2D eigenvalue weighted by Crippen LogP contribution is 2.32. The highest BCUT2D eigenvalue weighted by molar-refractivity contribution is 6.38. The third-order valence-corrected chi connectivity index (χ3v) is 9.28. The number of nitrogens with zero attached hydrogens (tertiary/aromatic N) is 1. The lowest BCUT2D eigenvalue weighted by atomic mass is 9.85. The maximum Gasteiger partial charge on any atom is 0.316 e. The molecule has 0 spiro atoms. The SMILES string of the molecule is C=CCNC(=O)C(=O)C(NC(=O)[C@@H]1C[C@@H](C(C)C)CN1C(=O)C(NC(=O)NC(C(=O)c1ccccc1OC)C(C)C)C(C)(C)C)C(C)CC. The number of ketones is 2. The Hall–Kier alpha value is -4.22. The Morgan fingerprint density at radius 1 is 0.980 bits per heavy atom. The summed E-state index contributed by atoms with van der Waals surface area (Å²) in [4.78, 5) is 82.6. The van der Waals surface area contributed by atoms with Crippen LogP contribution in [0.1, 0.15) is 85.5 Å². The molecule has 5 amide bonds. The first-order valence-electron chi connectivity index (χ1n) is 17.2. The first-order valence-corrected chi connectivity index (χ1v) is 17.2. The zero-order chi connectivity index (χ0) is 37.2. The summed E-state index contributed by atoms with van der Waals surface area (Å²) in [6.45, 7) is 20.6. The van der Waals surface area contributed by atoms with E-state index < -0.39 is 59.1 Å². The zero-order valence-electron chi connectivity index (χ0n) is 30.8. The van der Waals surface area contributed by atoms with Crippen molar-refractivity contribution in [3.8, 4) is 5.75 Å². The number of rotatable bonds is 16. The van der Waals surface area contributed by atoms with Gasteiger partial charge in [0.25, 0.3) is 5.91 Å². The number of hydrogen-bond acceptors (Lipinski definition) is 7. The Kier molecular flexibility index (Phi) is 15.0. The van der Waals surface area contributed by atoms with Crippen LogP contribution in [0.4, 0.5) is 4.79 Å². The van der Waals surface area contributed by atoms with Crippen LogP contribution in [0.15, 0.2) is 36.9 Å². The minimum absolute atomic E-state index is 0.0217. The minimum atomic E-state index is -1.09. The number of carbonyl (C=O) groups is 6. The molecule has 1 aliphatic heterocycles. The van der Waals surface area contributed by atoms with Gasteiger partial charge in [0.1, 0.15) is 17.8 Å². The molecule has 1 saturated heterocycles. The second kappa shape index (κ2) is 18.0. The molecule has 49 heavy (non-hydrogen) atoms. The van der Waals surface area contributed by atoms with E-state index in [0.29, 0.717) is 24.2 Å². The van der Waals surface area contributed by atoms with Crippen molar-refractivity contribution in [2.45, 2.75) is 99.3 Å². The van der Waals surface area contributed by atoms with Gasteiger partial charge in [-0.1, -0.05) is 86.9 Å². The number of amides is 5. The average molecular weight is 684 g/mol. The zero-order valence-corrected chi connectivity index (χ0v) is 30.8. The van der Waals surface area contributed by atoms with Crippen LogP contribution in [0.25, 0.3) is 0 Å². The van der Waals surface area contributed by atoms with Gasteiger partial charge >= 0.3 is 6.03 Å². The number of hydrogen-bond donors (Lipinski definition) is 4. The quantitative estimate of drug-likeness (QED) is 0.117. The third-order valence-electron chi connectivity index (χ3n) is 9.28. The number of nitrogens with one attached hydrogen (secondary N) is 4. The maximum atomic E-state index is 14.4. The lowest BCUT2D eigenvalue weighted by molar-refractivity contribution is -0.144. The van der Waals surface area contributed by atoms with Crippen molar-refractivity contribution in [1.82, 2.24) is 26.2 Å². The Balaban J connectivity index is 2.37. The van der Waals surface area contributed by atoms with E-state index in [1.54, 1.807) is 52.0 Å². The summed E-state index contributed by atoms with van der Waals surface area (Å²) in [5, 5.41) is 10.8. The number of methoxy groups -OCH3 is 1. The summed E-state index contributed by atoms with van der Waals surface area (Å²) in [7, 11) is 1.47. The Morgan fingerprint density at radius 3 is 2.14 bits per heavy atom. The molecule has 4 unspecified atom stereocenters. The van der Waals surface area contributed by atoms with E-state index in [2.05, 4.69) is 27.8 Å². The van der Waals surface area contributed by atoms with E-state index in [0.717, 1.165) is 0 Å². The van der Waals surface area contributed by atoms with E-state index in [9.17, 15) is 28.8 Å². The van der Waals surface area contributed by atoms with Crippen molar-refractivity contribution >= 4 is 35.3 Å².